The molecule has 0 radical (unpaired) electrons. The van der Waals surface area contributed by atoms with Crippen molar-refractivity contribution in [2.45, 2.75) is 16.7 Å². The van der Waals surface area contributed by atoms with Crippen molar-refractivity contribution in [3.63, 3.8) is 0 Å². The summed E-state index contributed by atoms with van der Waals surface area (Å²) in [6.45, 7) is 1.53. The van der Waals surface area contributed by atoms with Crippen LogP contribution in [0.2, 0.25) is 0 Å². The van der Waals surface area contributed by atoms with E-state index in [-0.39, 0.29) is 11.3 Å². The van der Waals surface area contributed by atoms with Crippen molar-refractivity contribution < 1.29 is 19.2 Å². The molecule has 0 spiro atoms. The second-order valence-corrected chi connectivity index (χ2v) is 5.36. The van der Waals surface area contributed by atoms with Crippen LogP contribution < -0.4 is 0 Å². The maximum absolute atomic E-state index is 13.2. The van der Waals surface area contributed by atoms with Crippen molar-refractivity contribution in [3.05, 3.63) is 63.5 Å². The lowest BCUT2D eigenvalue weighted by atomic mass is 10.1. The number of hydrogen-bond donors (Lipinski definition) is 1. The van der Waals surface area contributed by atoms with E-state index >= 15 is 0 Å². The van der Waals surface area contributed by atoms with Crippen molar-refractivity contribution in [1.82, 2.24) is 0 Å². The first-order chi connectivity index (χ1) is 9.88. The van der Waals surface area contributed by atoms with Crippen LogP contribution in [0.3, 0.4) is 0 Å². The van der Waals surface area contributed by atoms with E-state index in [2.05, 4.69) is 0 Å². The molecule has 0 saturated carbocycles. The van der Waals surface area contributed by atoms with Gasteiger partial charge in [-0.3, -0.25) is 10.1 Å². The molecule has 2 rings (SSSR count). The van der Waals surface area contributed by atoms with Gasteiger partial charge in [0.1, 0.15) is 5.82 Å². The van der Waals surface area contributed by atoms with Crippen LogP contribution in [0, 0.1) is 22.9 Å². The Balaban J connectivity index is 2.51. The van der Waals surface area contributed by atoms with Crippen molar-refractivity contribution in [2.75, 3.05) is 0 Å². The number of hydrogen-bond acceptors (Lipinski definition) is 4. The number of carboxylic acid groups (broad SMARTS) is 1. The van der Waals surface area contributed by atoms with Crippen LogP contribution in [-0.4, -0.2) is 16.0 Å². The zero-order chi connectivity index (χ0) is 15.6. The summed E-state index contributed by atoms with van der Waals surface area (Å²) in [7, 11) is 0. The van der Waals surface area contributed by atoms with Gasteiger partial charge in [-0.2, -0.15) is 0 Å². The Hall–Kier alpha value is -2.41. The molecule has 0 heterocycles. The van der Waals surface area contributed by atoms with Crippen LogP contribution in [0.1, 0.15) is 15.9 Å². The van der Waals surface area contributed by atoms with Gasteiger partial charge in [0.2, 0.25) is 0 Å². The maximum Gasteiger partial charge on any atom is 0.335 e. The Morgan fingerprint density at radius 2 is 2.05 bits per heavy atom. The Labute approximate surface area is 123 Å². The fourth-order valence-electron chi connectivity index (χ4n) is 1.75. The number of benzene rings is 2. The summed E-state index contributed by atoms with van der Waals surface area (Å²) in [6.07, 6.45) is 0. The number of nitrogens with zero attached hydrogens (tertiary/aromatic N) is 1. The number of halogens is 1. The summed E-state index contributed by atoms with van der Waals surface area (Å²) in [5.41, 5.74) is -0.0979. The van der Waals surface area contributed by atoms with Gasteiger partial charge >= 0.3 is 5.97 Å². The smallest absolute Gasteiger partial charge is 0.335 e. The maximum atomic E-state index is 13.2. The van der Waals surface area contributed by atoms with Crippen LogP contribution >= 0.6 is 11.8 Å². The molecule has 0 fully saturated rings. The Morgan fingerprint density at radius 1 is 1.33 bits per heavy atom. The third kappa shape index (κ3) is 3.38. The first kappa shape index (κ1) is 15.0. The second kappa shape index (κ2) is 5.92. The third-order valence-corrected chi connectivity index (χ3v) is 3.93. The highest BCUT2D eigenvalue weighted by Gasteiger charge is 2.19. The summed E-state index contributed by atoms with van der Waals surface area (Å²) in [4.78, 5) is 22.4. The number of rotatable bonds is 4. The SMILES string of the molecule is Cc1c(Sc2cccc(F)c2)cc(C(=O)O)cc1[N+](=O)[O-]. The van der Waals surface area contributed by atoms with Gasteiger partial charge in [-0.15, -0.1) is 0 Å². The molecule has 2 aromatic carbocycles. The highest BCUT2D eigenvalue weighted by molar-refractivity contribution is 7.99. The van der Waals surface area contributed by atoms with Crippen molar-refractivity contribution in [3.8, 4) is 0 Å². The summed E-state index contributed by atoms with van der Waals surface area (Å²) in [5, 5.41) is 20.0. The molecular formula is C14H10FNO4S. The minimum atomic E-state index is -1.25. The van der Waals surface area contributed by atoms with E-state index < -0.39 is 16.7 Å². The lowest BCUT2D eigenvalue weighted by Gasteiger charge is -2.08. The molecule has 21 heavy (non-hydrogen) atoms. The van der Waals surface area contributed by atoms with E-state index in [9.17, 15) is 19.3 Å². The average Bonchev–Trinajstić information content (AvgIpc) is 2.40. The lowest BCUT2D eigenvalue weighted by Crippen LogP contribution is -2.01. The zero-order valence-electron chi connectivity index (χ0n) is 10.9. The molecule has 0 saturated heterocycles. The standard InChI is InChI=1S/C14H10FNO4S/c1-8-12(16(19)20)5-9(14(17)18)6-13(8)21-11-4-2-3-10(15)7-11/h2-7H,1H3,(H,17,18). The molecule has 0 aliphatic heterocycles. The number of nitro groups is 1. The monoisotopic (exact) mass is 307 g/mol. The fraction of sp³-hybridized carbons (Fsp3) is 0.0714. The van der Waals surface area contributed by atoms with Gasteiger partial charge in [0.15, 0.2) is 0 Å². The van der Waals surface area contributed by atoms with Gasteiger partial charge in [-0.1, -0.05) is 17.8 Å². The van der Waals surface area contributed by atoms with Crippen molar-refractivity contribution in [2.24, 2.45) is 0 Å². The Bertz CT molecular complexity index is 733. The van der Waals surface area contributed by atoms with Gasteiger partial charge in [0.25, 0.3) is 5.69 Å². The minimum absolute atomic E-state index is 0.175. The van der Waals surface area contributed by atoms with Gasteiger partial charge < -0.3 is 5.11 Å². The minimum Gasteiger partial charge on any atom is -0.478 e. The second-order valence-electron chi connectivity index (χ2n) is 4.24. The van der Waals surface area contributed by atoms with Crippen LogP contribution in [0.25, 0.3) is 0 Å². The van der Waals surface area contributed by atoms with Crippen LogP contribution in [0.15, 0.2) is 46.2 Å². The quantitative estimate of drug-likeness (QED) is 0.684. The predicted octanol–water partition coefficient (Wildman–Crippen LogP) is 3.89. The number of aromatic carboxylic acids is 1. The molecule has 0 aliphatic rings. The van der Waals surface area contributed by atoms with E-state index in [4.69, 9.17) is 5.11 Å². The molecule has 2 aromatic rings. The number of carboxylic acids is 1. The van der Waals surface area contributed by atoms with Gasteiger partial charge in [-0.05, 0) is 31.2 Å². The summed E-state index contributed by atoms with van der Waals surface area (Å²) in [5.74, 6) is -1.68. The van der Waals surface area contributed by atoms with E-state index in [0.29, 0.717) is 15.4 Å². The number of carbonyl (C=O) groups is 1. The third-order valence-electron chi connectivity index (χ3n) is 2.80. The molecular weight excluding hydrogens is 297 g/mol. The van der Waals surface area contributed by atoms with Crippen LogP contribution in [0.4, 0.5) is 10.1 Å². The summed E-state index contributed by atoms with van der Waals surface area (Å²) >= 11 is 1.08. The first-order valence-electron chi connectivity index (χ1n) is 5.84. The van der Waals surface area contributed by atoms with Crippen LogP contribution in [0.5, 0.6) is 0 Å². The van der Waals surface area contributed by atoms with Gasteiger partial charge in [-0.25, -0.2) is 9.18 Å². The van der Waals surface area contributed by atoms with E-state index in [1.54, 1.807) is 6.07 Å². The van der Waals surface area contributed by atoms with E-state index in [1.165, 1.54) is 31.2 Å². The lowest BCUT2D eigenvalue weighted by molar-refractivity contribution is -0.385. The highest BCUT2D eigenvalue weighted by atomic mass is 32.2. The van der Waals surface area contributed by atoms with E-state index in [0.717, 1.165) is 17.8 Å². The molecule has 7 heteroatoms. The van der Waals surface area contributed by atoms with Crippen molar-refractivity contribution in [1.29, 1.82) is 0 Å². The van der Waals surface area contributed by atoms with Gasteiger partial charge in [0, 0.05) is 21.4 Å². The first-order valence-corrected chi connectivity index (χ1v) is 6.66. The molecule has 0 unspecified atom stereocenters. The normalized spacial score (nSPS) is 10.4. The largest absolute Gasteiger partial charge is 0.478 e. The molecule has 1 N–H and O–H groups in total. The van der Waals surface area contributed by atoms with Gasteiger partial charge in [0.05, 0.1) is 10.5 Å². The molecule has 0 aromatic heterocycles. The summed E-state index contributed by atoms with van der Waals surface area (Å²) < 4.78 is 13.2. The highest BCUT2D eigenvalue weighted by Crippen LogP contribution is 2.35. The Morgan fingerprint density at radius 3 is 2.62 bits per heavy atom. The molecule has 5 nitrogen and oxygen atoms in total. The van der Waals surface area contributed by atoms with Crippen LogP contribution in [-0.2, 0) is 0 Å². The van der Waals surface area contributed by atoms with Crippen molar-refractivity contribution >= 4 is 23.4 Å². The topological polar surface area (TPSA) is 80.4 Å². The molecule has 0 atom stereocenters. The number of nitro benzene ring substituents is 1. The molecule has 0 aliphatic carbocycles. The molecule has 0 bridgehead atoms. The fourth-order valence-corrected chi connectivity index (χ4v) is 2.77. The Kier molecular flexibility index (Phi) is 4.23. The zero-order valence-corrected chi connectivity index (χ0v) is 11.7. The summed E-state index contributed by atoms with van der Waals surface area (Å²) in [6, 6.07) is 8.10. The predicted molar refractivity (Wildman–Crippen MR) is 75.3 cm³/mol. The molecule has 0 amide bonds. The van der Waals surface area contributed by atoms with E-state index in [1.807, 2.05) is 0 Å². The molecule has 108 valence electrons. The average molecular weight is 307 g/mol.